The third-order valence-corrected chi connectivity index (χ3v) is 2.60. The predicted octanol–water partition coefficient (Wildman–Crippen LogP) is 3.82. The summed E-state index contributed by atoms with van der Waals surface area (Å²) < 4.78 is 18.9. The van der Waals surface area contributed by atoms with Crippen molar-refractivity contribution >= 4 is 5.69 Å². The Morgan fingerprint density at radius 2 is 1.71 bits per heavy atom. The highest BCUT2D eigenvalue weighted by atomic mass is 19.1. The maximum atomic E-state index is 13.2. The Balaban J connectivity index is 2.37. The summed E-state index contributed by atoms with van der Waals surface area (Å²) in [6.07, 6.45) is 0. The lowest BCUT2D eigenvalue weighted by Crippen LogP contribution is -1.96. The second kappa shape index (κ2) is 4.45. The summed E-state index contributed by atoms with van der Waals surface area (Å²) in [6.45, 7) is 3.63. The highest BCUT2D eigenvalue weighted by molar-refractivity contribution is 5.56. The SMILES string of the molecule is Cc1cc(Oc2ccccc2C)c(N)cc1F. The van der Waals surface area contributed by atoms with E-state index in [-0.39, 0.29) is 5.82 Å². The van der Waals surface area contributed by atoms with Gasteiger partial charge < -0.3 is 10.5 Å². The van der Waals surface area contributed by atoms with Gasteiger partial charge in [0.2, 0.25) is 0 Å². The van der Waals surface area contributed by atoms with Crippen LogP contribution in [-0.2, 0) is 0 Å². The Morgan fingerprint density at radius 1 is 1.00 bits per heavy atom. The van der Waals surface area contributed by atoms with Crippen LogP contribution in [0.2, 0.25) is 0 Å². The number of para-hydroxylation sites is 1. The number of nitrogens with two attached hydrogens (primary N) is 1. The Labute approximate surface area is 99.8 Å². The zero-order valence-electron chi connectivity index (χ0n) is 9.83. The van der Waals surface area contributed by atoms with Gasteiger partial charge in [0, 0.05) is 6.07 Å². The van der Waals surface area contributed by atoms with Crippen LogP contribution in [0.15, 0.2) is 36.4 Å². The van der Waals surface area contributed by atoms with Crippen molar-refractivity contribution in [2.45, 2.75) is 13.8 Å². The molecule has 17 heavy (non-hydrogen) atoms. The summed E-state index contributed by atoms with van der Waals surface area (Å²) in [6, 6.07) is 10.5. The van der Waals surface area contributed by atoms with Gasteiger partial charge in [-0.05, 0) is 37.1 Å². The van der Waals surface area contributed by atoms with Crippen LogP contribution >= 0.6 is 0 Å². The van der Waals surface area contributed by atoms with Crippen LogP contribution in [0.1, 0.15) is 11.1 Å². The van der Waals surface area contributed by atoms with Gasteiger partial charge in [0.1, 0.15) is 11.6 Å². The lowest BCUT2D eigenvalue weighted by atomic mass is 10.2. The monoisotopic (exact) mass is 231 g/mol. The number of ether oxygens (including phenoxy) is 1. The molecule has 2 N–H and O–H groups in total. The molecule has 0 radical (unpaired) electrons. The van der Waals surface area contributed by atoms with Crippen LogP contribution in [0.25, 0.3) is 0 Å². The number of halogens is 1. The normalized spacial score (nSPS) is 10.3. The fourth-order valence-corrected chi connectivity index (χ4v) is 1.55. The molecule has 0 amide bonds. The van der Waals surface area contributed by atoms with Gasteiger partial charge in [-0.25, -0.2) is 4.39 Å². The number of hydrogen-bond acceptors (Lipinski definition) is 2. The average Bonchev–Trinajstić information content (AvgIpc) is 2.29. The smallest absolute Gasteiger partial charge is 0.150 e. The first-order chi connectivity index (χ1) is 8.08. The van der Waals surface area contributed by atoms with E-state index >= 15 is 0 Å². The van der Waals surface area contributed by atoms with Crippen molar-refractivity contribution in [2.24, 2.45) is 0 Å². The number of anilines is 1. The average molecular weight is 231 g/mol. The van der Waals surface area contributed by atoms with E-state index < -0.39 is 0 Å². The molecule has 0 saturated heterocycles. The predicted molar refractivity (Wildman–Crippen MR) is 66.8 cm³/mol. The molecule has 0 atom stereocenters. The Hall–Kier alpha value is -2.03. The first-order valence-electron chi connectivity index (χ1n) is 5.37. The van der Waals surface area contributed by atoms with Crippen molar-refractivity contribution in [1.29, 1.82) is 0 Å². The van der Waals surface area contributed by atoms with E-state index in [1.165, 1.54) is 6.07 Å². The summed E-state index contributed by atoms with van der Waals surface area (Å²) >= 11 is 0. The molecule has 3 heteroatoms. The third-order valence-electron chi connectivity index (χ3n) is 2.60. The van der Waals surface area contributed by atoms with Gasteiger partial charge in [-0.3, -0.25) is 0 Å². The van der Waals surface area contributed by atoms with E-state index in [4.69, 9.17) is 10.5 Å². The molecule has 0 saturated carbocycles. The maximum Gasteiger partial charge on any atom is 0.150 e. The Bertz CT molecular complexity index is 552. The second-order valence-electron chi connectivity index (χ2n) is 4.01. The fourth-order valence-electron chi connectivity index (χ4n) is 1.55. The van der Waals surface area contributed by atoms with Crippen molar-refractivity contribution in [2.75, 3.05) is 5.73 Å². The Kier molecular flexibility index (Phi) is 3.00. The van der Waals surface area contributed by atoms with Crippen molar-refractivity contribution in [3.05, 3.63) is 53.3 Å². The van der Waals surface area contributed by atoms with Crippen molar-refractivity contribution in [1.82, 2.24) is 0 Å². The van der Waals surface area contributed by atoms with Gasteiger partial charge in [0.25, 0.3) is 0 Å². The molecule has 0 aromatic heterocycles. The molecule has 0 aliphatic rings. The quantitative estimate of drug-likeness (QED) is 0.797. The van der Waals surface area contributed by atoms with Gasteiger partial charge in [-0.15, -0.1) is 0 Å². The minimum absolute atomic E-state index is 0.302. The highest BCUT2D eigenvalue weighted by Crippen LogP contribution is 2.31. The molecule has 2 aromatic carbocycles. The third kappa shape index (κ3) is 2.38. The van der Waals surface area contributed by atoms with Gasteiger partial charge in [-0.2, -0.15) is 0 Å². The van der Waals surface area contributed by atoms with Crippen molar-refractivity contribution in [3.63, 3.8) is 0 Å². The summed E-state index contributed by atoms with van der Waals surface area (Å²) in [5.74, 6) is 0.892. The van der Waals surface area contributed by atoms with Crippen LogP contribution in [0.4, 0.5) is 10.1 Å². The second-order valence-corrected chi connectivity index (χ2v) is 4.01. The minimum atomic E-state index is -0.320. The summed E-state index contributed by atoms with van der Waals surface area (Å²) in [7, 11) is 0. The van der Waals surface area contributed by atoms with Crippen LogP contribution < -0.4 is 10.5 Å². The van der Waals surface area contributed by atoms with Gasteiger partial charge in [0.15, 0.2) is 5.75 Å². The molecule has 0 unspecified atom stereocenters. The van der Waals surface area contributed by atoms with E-state index in [0.717, 1.165) is 11.3 Å². The number of rotatable bonds is 2. The molecule has 0 heterocycles. The molecule has 2 nitrogen and oxygen atoms in total. The zero-order chi connectivity index (χ0) is 12.4. The molecule has 2 rings (SSSR count). The summed E-state index contributed by atoms with van der Waals surface area (Å²) in [5.41, 5.74) is 7.55. The number of aryl methyl sites for hydroxylation is 2. The van der Waals surface area contributed by atoms with Gasteiger partial charge in [-0.1, -0.05) is 18.2 Å². The van der Waals surface area contributed by atoms with E-state index in [1.54, 1.807) is 13.0 Å². The fraction of sp³-hybridized carbons (Fsp3) is 0.143. The molecule has 2 aromatic rings. The summed E-state index contributed by atoms with van der Waals surface area (Å²) in [5, 5.41) is 0. The number of nitrogen functional groups attached to an aromatic ring is 1. The van der Waals surface area contributed by atoms with E-state index in [2.05, 4.69) is 0 Å². The van der Waals surface area contributed by atoms with Crippen molar-refractivity contribution in [3.8, 4) is 11.5 Å². The standard InChI is InChI=1S/C14H14FNO/c1-9-5-3-4-6-13(9)17-14-7-10(2)11(15)8-12(14)16/h3-8H,16H2,1-2H3. The van der Waals surface area contributed by atoms with Crippen LogP contribution in [-0.4, -0.2) is 0 Å². The highest BCUT2D eigenvalue weighted by Gasteiger charge is 2.08. The lowest BCUT2D eigenvalue weighted by molar-refractivity contribution is 0.478. The van der Waals surface area contributed by atoms with Gasteiger partial charge >= 0.3 is 0 Å². The number of benzene rings is 2. The molecule has 0 bridgehead atoms. The minimum Gasteiger partial charge on any atom is -0.455 e. The molecule has 0 aliphatic heterocycles. The molecular formula is C14H14FNO. The van der Waals surface area contributed by atoms with Crippen LogP contribution in [0, 0.1) is 19.7 Å². The topological polar surface area (TPSA) is 35.2 Å². The van der Waals surface area contributed by atoms with E-state index in [9.17, 15) is 4.39 Å². The molecule has 0 aliphatic carbocycles. The van der Waals surface area contributed by atoms with E-state index in [0.29, 0.717) is 17.0 Å². The molecule has 88 valence electrons. The van der Waals surface area contributed by atoms with Crippen molar-refractivity contribution < 1.29 is 9.13 Å². The Morgan fingerprint density at radius 3 is 2.41 bits per heavy atom. The summed E-state index contributed by atoms with van der Waals surface area (Å²) in [4.78, 5) is 0. The van der Waals surface area contributed by atoms with Crippen LogP contribution in [0.5, 0.6) is 11.5 Å². The largest absolute Gasteiger partial charge is 0.455 e. The lowest BCUT2D eigenvalue weighted by Gasteiger charge is -2.11. The van der Waals surface area contributed by atoms with E-state index in [1.807, 2.05) is 31.2 Å². The maximum absolute atomic E-state index is 13.2. The number of hydrogen-bond donors (Lipinski definition) is 1. The molecule has 0 fully saturated rings. The zero-order valence-corrected chi connectivity index (χ0v) is 9.83. The first-order valence-corrected chi connectivity index (χ1v) is 5.37. The molecule has 0 spiro atoms. The van der Waals surface area contributed by atoms with Crippen LogP contribution in [0.3, 0.4) is 0 Å². The molecular weight excluding hydrogens is 217 g/mol. The first kappa shape index (κ1) is 11.5. The van der Waals surface area contributed by atoms with Gasteiger partial charge in [0.05, 0.1) is 5.69 Å².